The monoisotopic (exact) mass is 279 g/mol. The Hall–Kier alpha value is -1.69. The van der Waals surface area contributed by atoms with Crippen LogP contribution in [0.5, 0.6) is 0 Å². The Labute approximate surface area is 117 Å². The summed E-state index contributed by atoms with van der Waals surface area (Å²) in [5.74, 6) is -0.764. The average Bonchev–Trinajstić information content (AvgIpc) is 2.41. The first-order chi connectivity index (χ1) is 9.13. The SMILES string of the molecule is C=CCN1C(=O)/C(=C\N2CCCCC2)C(=O)NC1=S. The number of rotatable bonds is 3. The molecule has 102 valence electrons. The van der Waals surface area contributed by atoms with Gasteiger partial charge in [0.2, 0.25) is 0 Å². The maximum absolute atomic E-state index is 12.2. The molecule has 0 aromatic heterocycles. The lowest BCUT2D eigenvalue weighted by atomic mass is 10.1. The number of likely N-dealkylation sites (tertiary alicyclic amines) is 1. The van der Waals surface area contributed by atoms with E-state index in [-0.39, 0.29) is 16.6 Å². The molecule has 19 heavy (non-hydrogen) atoms. The highest BCUT2D eigenvalue weighted by Gasteiger charge is 2.33. The second kappa shape index (κ2) is 5.97. The van der Waals surface area contributed by atoms with Gasteiger partial charge in [0.05, 0.1) is 0 Å². The molecule has 0 aliphatic carbocycles. The molecule has 0 radical (unpaired) electrons. The maximum atomic E-state index is 12.2. The normalized spacial score (nSPS) is 22.7. The van der Waals surface area contributed by atoms with Crippen molar-refractivity contribution in [2.45, 2.75) is 19.3 Å². The number of nitrogens with one attached hydrogen (secondary N) is 1. The van der Waals surface area contributed by atoms with Gasteiger partial charge in [-0.1, -0.05) is 6.08 Å². The molecule has 2 amide bonds. The Morgan fingerprint density at radius 3 is 2.58 bits per heavy atom. The Morgan fingerprint density at radius 2 is 1.95 bits per heavy atom. The van der Waals surface area contributed by atoms with E-state index < -0.39 is 5.91 Å². The number of thiocarbonyl (C=S) groups is 1. The summed E-state index contributed by atoms with van der Waals surface area (Å²) in [6.07, 6.45) is 6.63. The van der Waals surface area contributed by atoms with Crippen LogP contribution in [0.15, 0.2) is 24.4 Å². The molecular weight excluding hydrogens is 262 g/mol. The molecule has 0 aromatic rings. The fraction of sp³-hybridized carbons (Fsp3) is 0.462. The van der Waals surface area contributed by atoms with Crippen LogP contribution in [0.3, 0.4) is 0 Å². The maximum Gasteiger partial charge on any atom is 0.267 e. The molecule has 2 fully saturated rings. The molecule has 0 bridgehead atoms. The molecular formula is C13H17N3O2S. The Balaban J connectivity index is 2.19. The highest BCUT2D eigenvalue weighted by Crippen LogP contribution is 2.14. The Bertz CT molecular complexity index is 453. The van der Waals surface area contributed by atoms with E-state index in [4.69, 9.17) is 12.2 Å². The van der Waals surface area contributed by atoms with Crippen LogP contribution in [0.4, 0.5) is 0 Å². The lowest BCUT2D eigenvalue weighted by Gasteiger charge is -2.30. The van der Waals surface area contributed by atoms with Gasteiger partial charge in [-0.2, -0.15) is 0 Å². The molecule has 0 atom stereocenters. The van der Waals surface area contributed by atoms with Gasteiger partial charge in [-0.25, -0.2) is 0 Å². The molecule has 5 nitrogen and oxygen atoms in total. The van der Waals surface area contributed by atoms with Crippen LogP contribution in [-0.4, -0.2) is 46.4 Å². The smallest absolute Gasteiger partial charge is 0.267 e. The Morgan fingerprint density at radius 1 is 1.26 bits per heavy atom. The summed E-state index contributed by atoms with van der Waals surface area (Å²) < 4.78 is 0. The number of hydrogen-bond acceptors (Lipinski definition) is 4. The predicted octanol–water partition coefficient (Wildman–Crippen LogP) is 0.785. The van der Waals surface area contributed by atoms with Gasteiger partial charge in [-0.15, -0.1) is 6.58 Å². The van der Waals surface area contributed by atoms with E-state index in [1.807, 2.05) is 4.90 Å². The molecule has 2 heterocycles. The minimum Gasteiger partial charge on any atom is -0.377 e. The zero-order chi connectivity index (χ0) is 13.8. The van der Waals surface area contributed by atoms with Crippen LogP contribution >= 0.6 is 12.2 Å². The van der Waals surface area contributed by atoms with Gasteiger partial charge >= 0.3 is 0 Å². The molecule has 0 saturated carbocycles. The number of nitrogens with zero attached hydrogens (tertiary/aromatic N) is 2. The van der Waals surface area contributed by atoms with Gasteiger partial charge < -0.3 is 4.90 Å². The molecule has 6 heteroatoms. The lowest BCUT2D eigenvalue weighted by Crippen LogP contribution is -2.54. The van der Waals surface area contributed by atoms with Crippen LogP contribution in [0.2, 0.25) is 0 Å². The number of hydrogen-bond donors (Lipinski definition) is 1. The van der Waals surface area contributed by atoms with E-state index in [2.05, 4.69) is 11.9 Å². The van der Waals surface area contributed by atoms with Gasteiger partial charge in [0.1, 0.15) is 5.57 Å². The van der Waals surface area contributed by atoms with Crippen LogP contribution in [0.1, 0.15) is 19.3 Å². The standard InChI is InChI=1S/C13H17N3O2S/c1-2-6-16-12(18)10(11(17)14-13(16)19)9-15-7-4-3-5-8-15/h2,9H,1,3-8H2,(H,14,17,19)/b10-9-. The third-order valence-electron chi connectivity index (χ3n) is 3.20. The van der Waals surface area contributed by atoms with Crippen LogP contribution in [0, 0.1) is 0 Å². The van der Waals surface area contributed by atoms with Gasteiger partial charge in [-0.3, -0.25) is 19.8 Å². The zero-order valence-electron chi connectivity index (χ0n) is 10.7. The van der Waals surface area contributed by atoms with E-state index in [1.165, 1.54) is 11.3 Å². The van der Waals surface area contributed by atoms with E-state index in [9.17, 15) is 9.59 Å². The third kappa shape index (κ3) is 3.01. The summed E-state index contributed by atoms with van der Waals surface area (Å²) >= 11 is 4.99. The van der Waals surface area contributed by atoms with Crippen LogP contribution in [0.25, 0.3) is 0 Å². The highest BCUT2D eigenvalue weighted by atomic mass is 32.1. The van der Waals surface area contributed by atoms with Crippen molar-refractivity contribution < 1.29 is 9.59 Å². The minimum atomic E-state index is -0.416. The second-order valence-electron chi connectivity index (χ2n) is 4.60. The first kappa shape index (κ1) is 13.7. The fourth-order valence-corrected chi connectivity index (χ4v) is 2.46. The van der Waals surface area contributed by atoms with Crippen molar-refractivity contribution in [3.8, 4) is 0 Å². The summed E-state index contributed by atoms with van der Waals surface area (Å²) in [7, 11) is 0. The van der Waals surface area contributed by atoms with Crippen molar-refractivity contribution in [1.82, 2.24) is 15.1 Å². The van der Waals surface area contributed by atoms with Crippen molar-refractivity contribution in [2.24, 2.45) is 0 Å². The molecule has 2 aliphatic rings. The number of carbonyl (C=O) groups is 2. The van der Waals surface area contributed by atoms with Crippen molar-refractivity contribution in [2.75, 3.05) is 19.6 Å². The quantitative estimate of drug-likeness (QED) is 0.359. The summed E-state index contributed by atoms with van der Waals surface area (Å²) in [6.45, 7) is 5.66. The summed E-state index contributed by atoms with van der Waals surface area (Å²) in [4.78, 5) is 27.5. The lowest BCUT2D eigenvalue weighted by molar-refractivity contribution is -0.128. The van der Waals surface area contributed by atoms with E-state index in [0.717, 1.165) is 25.9 Å². The van der Waals surface area contributed by atoms with E-state index >= 15 is 0 Å². The number of carbonyl (C=O) groups excluding carboxylic acids is 2. The zero-order valence-corrected chi connectivity index (χ0v) is 11.5. The summed E-state index contributed by atoms with van der Waals surface area (Å²) in [5, 5.41) is 2.68. The number of amides is 2. The van der Waals surface area contributed by atoms with Gasteiger partial charge in [0.15, 0.2) is 5.11 Å². The van der Waals surface area contributed by atoms with Gasteiger partial charge in [0, 0.05) is 25.8 Å². The van der Waals surface area contributed by atoms with Crippen molar-refractivity contribution >= 4 is 29.1 Å². The van der Waals surface area contributed by atoms with Crippen LogP contribution in [-0.2, 0) is 9.59 Å². The molecule has 2 aliphatic heterocycles. The predicted molar refractivity (Wildman–Crippen MR) is 76.2 cm³/mol. The average molecular weight is 279 g/mol. The molecule has 1 N–H and O–H groups in total. The highest BCUT2D eigenvalue weighted by molar-refractivity contribution is 7.80. The van der Waals surface area contributed by atoms with E-state index in [0.29, 0.717) is 6.54 Å². The van der Waals surface area contributed by atoms with Crippen molar-refractivity contribution in [3.63, 3.8) is 0 Å². The number of piperidine rings is 1. The summed E-state index contributed by atoms with van der Waals surface area (Å²) in [5.41, 5.74) is 0.150. The minimum absolute atomic E-state index is 0.144. The topological polar surface area (TPSA) is 52.7 Å². The van der Waals surface area contributed by atoms with Crippen LogP contribution < -0.4 is 5.32 Å². The second-order valence-corrected chi connectivity index (χ2v) is 4.99. The molecule has 2 rings (SSSR count). The van der Waals surface area contributed by atoms with E-state index in [1.54, 1.807) is 12.3 Å². The largest absolute Gasteiger partial charge is 0.377 e. The Kier molecular flexibility index (Phi) is 4.31. The fourth-order valence-electron chi connectivity index (χ4n) is 2.21. The van der Waals surface area contributed by atoms with Crippen molar-refractivity contribution in [1.29, 1.82) is 0 Å². The molecule has 0 aromatic carbocycles. The van der Waals surface area contributed by atoms with Gasteiger partial charge in [-0.05, 0) is 31.5 Å². The molecule has 0 unspecified atom stereocenters. The summed E-state index contributed by atoms with van der Waals surface area (Å²) in [6, 6.07) is 0. The molecule has 0 spiro atoms. The molecule has 2 saturated heterocycles. The van der Waals surface area contributed by atoms with Crippen molar-refractivity contribution in [3.05, 3.63) is 24.4 Å². The van der Waals surface area contributed by atoms with Gasteiger partial charge in [0.25, 0.3) is 11.8 Å². The first-order valence-electron chi connectivity index (χ1n) is 6.37. The first-order valence-corrected chi connectivity index (χ1v) is 6.78. The third-order valence-corrected chi connectivity index (χ3v) is 3.52.